The molecule has 1 rings (SSSR count). The fourth-order valence-electron chi connectivity index (χ4n) is 2.11. The van der Waals surface area contributed by atoms with Crippen LogP contribution in [0, 0.1) is 17.8 Å². The highest BCUT2D eigenvalue weighted by Crippen LogP contribution is 2.37. The van der Waals surface area contributed by atoms with E-state index in [0.717, 1.165) is 11.1 Å². The summed E-state index contributed by atoms with van der Waals surface area (Å²) in [4.78, 5) is 23.4. The van der Waals surface area contributed by atoms with Gasteiger partial charge in [0, 0.05) is 12.3 Å². The first-order valence-corrected chi connectivity index (χ1v) is 7.82. The minimum atomic E-state index is -0.559. The fourth-order valence-corrected chi connectivity index (χ4v) is 2.11. The van der Waals surface area contributed by atoms with Gasteiger partial charge in [0.05, 0.1) is 5.41 Å². The molecule has 0 amide bonds. The quantitative estimate of drug-likeness (QED) is 0.603. The minimum absolute atomic E-state index is 0.234. The molecule has 0 saturated heterocycles. The van der Waals surface area contributed by atoms with Crippen LogP contribution in [0.1, 0.15) is 65.7 Å². The first kappa shape index (κ1) is 19.2. The number of carbonyl (C=O) groups is 2. The third-order valence-corrected chi connectivity index (χ3v) is 3.39. The standard InChI is InChI=1S/C19H28O4/c1-12-11-14(16(18(3,4)5)22-13(2)20)9-10-15(12)23-17(21)19(6,7)8/h9-11,16H,1-8H3. The monoisotopic (exact) mass is 320 g/mol. The molecule has 1 atom stereocenters. The van der Waals surface area contributed by atoms with Crippen LogP contribution in [0.2, 0.25) is 0 Å². The third-order valence-electron chi connectivity index (χ3n) is 3.39. The summed E-state index contributed by atoms with van der Waals surface area (Å²) in [6, 6.07) is 5.51. The highest BCUT2D eigenvalue weighted by atomic mass is 16.5. The molecule has 0 N–H and O–H groups in total. The van der Waals surface area contributed by atoms with Crippen molar-refractivity contribution in [1.82, 2.24) is 0 Å². The maximum Gasteiger partial charge on any atom is 0.316 e. The number of benzene rings is 1. The van der Waals surface area contributed by atoms with Crippen molar-refractivity contribution in [1.29, 1.82) is 0 Å². The summed E-state index contributed by atoms with van der Waals surface area (Å²) >= 11 is 0. The van der Waals surface area contributed by atoms with Gasteiger partial charge in [-0.25, -0.2) is 0 Å². The Kier molecular flexibility index (Phi) is 5.62. The van der Waals surface area contributed by atoms with E-state index in [4.69, 9.17) is 9.47 Å². The average Bonchev–Trinajstić information content (AvgIpc) is 2.35. The summed E-state index contributed by atoms with van der Waals surface area (Å²) in [5.74, 6) is -0.0596. The summed E-state index contributed by atoms with van der Waals surface area (Å²) in [6.45, 7) is 14.8. The van der Waals surface area contributed by atoms with Crippen LogP contribution >= 0.6 is 0 Å². The topological polar surface area (TPSA) is 52.6 Å². The first-order valence-electron chi connectivity index (χ1n) is 7.82. The van der Waals surface area contributed by atoms with Crippen molar-refractivity contribution in [2.24, 2.45) is 10.8 Å². The zero-order valence-corrected chi connectivity index (χ0v) is 15.4. The SMILES string of the molecule is CC(=O)OC(c1ccc(OC(=O)C(C)(C)C)c(C)c1)C(C)(C)C. The van der Waals surface area contributed by atoms with Crippen LogP contribution < -0.4 is 4.74 Å². The van der Waals surface area contributed by atoms with Crippen molar-refractivity contribution < 1.29 is 19.1 Å². The second-order valence-corrected chi connectivity index (χ2v) is 8.02. The maximum absolute atomic E-state index is 12.0. The van der Waals surface area contributed by atoms with Gasteiger partial charge in [0.25, 0.3) is 0 Å². The Morgan fingerprint density at radius 3 is 2.00 bits per heavy atom. The number of carbonyl (C=O) groups excluding carboxylic acids is 2. The number of rotatable bonds is 3. The number of ether oxygens (including phenoxy) is 2. The van der Waals surface area contributed by atoms with Crippen LogP contribution in [0.4, 0.5) is 0 Å². The van der Waals surface area contributed by atoms with Crippen LogP contribution in [0.25, 0.3) is 0 Å². The van der Waals surface area contributed by atoms with E-state index < -0.39 is 5.41 Å². The highest BCUT2D eigenvalue weighted by Gasteiger charge is 2.30. The lowest BCUT2D eigenvalue weighted by molar-refractivity contribution is -0.152. The molecule has 0 aromatic heterocycles. The Morgan fingerprint density at radius 1 is 1.04 bits per heavy atom. The van der Waals surface area contributed by atoms with Crippen molar-refractivity contribution >= 4 is 11.9 Å². The number of hydrogen-bond donors (Lipinski definition) is 0. The van der Waals surface area contributed by atoms with Gasteiger partial charge in [-0.05, 0) is 51.0 Å². The van der Waals surface area contributed by atoms with E-state index in [1.807, 2.05) is 60.6 Å². The lowest BCUT2D eigenvalue weighted by Crippen LogP contribution is -2.26. The zero-order valence-electron chi connectivity index (χ0n) is 15.4. The van der Waals surface area contributed by atoms with Gasteiger partial charge < -0.3 is 9.47 Å². The van der Waals surface area contributed by atoms with Gasteiger partial charge in [-0.3, -0.25) is 9.59 Å². The molecule has 0 saturated carbocycles. The van der Waals surface area contributed by atoms with Crippen molar-refractivity contribution in [3.8, 4) is 5.75 Å². The third kappa shape index (κ3) is 5.38. The average molecular weight is 320 g/mol. The van der Waals surface area contributed by atoms with Gasteiger partial charge in [0.15, 0.2) is 0 Å². The Balaban J connectivity index is 3.11. The largest absolute Gasteiger partial charge is 0.457 e. The molecule has 0 radical (unpaired) electrons. The predicted molar refractivity (Wildman–Crippen MR) is 90.2 cm³/mol. The van der Waals surface area contributed by atoms with Crippen LogP contribution in [-0.2, 0) is 14.3 Å². The summed E-state index contributed by atoms with van der Waals surface area (Å²) < 4.78 is 10.9. The van der Waals surface area contributed by atoms with Crippen LogP contribution in [0.15, 0.2) is 18.2 Å². The van der Waals surface area contributed by atoms with Crippen molar-refractivity contribution in [2.75, 3.05) is 0 Å². The molecule has 0 bridgehead atoms. The molecule has 1 aromatic carbocycles. The molecule has 4 heteroatoms. The molecular weight excluding hydrogens is 292 g/mol. The first-order chi connectivity index (χ1) is 10.3. The summed E-state index contributed by atoms with van der Waals surface area (Å²) in [5.41, 5.74) is 0.931. The molecule has 0 aliphatic carbocycles. The normalized spacial score (nSPS) is 13.4. The van der Waals surface area contributed by atoms with Crippen molar-refractivity contribution in [3.63, 3.8) is 0 Å². The van der Waals surface area contributed by atoms with Gasteiger partial charge in [-0.15, -0.1) is 0 Å². The van der Waals surface area contributed by atoms with Gasteiger partial charge in [-0.1, -0.05) is 26.8 Å². The summed E-state index contributed by atoms with van der Waals surface area (Å²) in [7, 11) is 0. The van der Waals surface area contributed by atoms with E-state index in [9.17, 15) is 9.59 Å². The van der Waals surface area contributed by atoms with E-state index >= 15 is 0 Å². The molecule has 1 aromatic rings. The number of esters is 2. The maximum atomic E-state index is 12.0. The highest BCUT2D eigenvalue weighted by molar-refractivity contribution is 5.78. The minimum Gasteiger partial charge on any atom is -0.457 e. The molecule has 4 nitrogen and oxygen atoms in total. The Bertz CT molecular complexity index is 588. The van der Waals surface area contributed by atoms with Crippen molar-refractivity contribution in [2.45, 2.75) is 61.5 Å². The number of aryl methyl sites for hydroxylation is 1. The van der Waals surface area contributed by atoms with E-state index in [1.165, 1.54) is 6.92 Å². The lowest BCUT2D eigenvalue weighted by atomic mass is 9.84. The molecule has 0 aliphatic heterocycles. The van der Waals surface area contributed by atoms with Crippen LogP contribution in [-0.4, -0.2) is 11.9 Å². The predicted octanol–water partition coefficient (Wildman–Crippen LogP) is 4.60. The Morgan fingerprint density at radius 2 is 1.61 bits per heavy atom. The summed E-state index contributed by atoms with van der Waals surface area (Å²) in [5, 5.41) is 0. The van der Waals surface area contributed by atoms with E-state index in [2.05, 4.69) is 0 Å². The second-order valence-electron chi connectivity index (χ2n) is 8.02. The molecular formula is C19H28O4. The van der Waals surface area contributed by atoms with E-state index in [-0.39, 0.29) is 23.5 Å². The second kappa shape index (κ2) is 6.73. The lowest BCUT2D eigenvalue weighted by Gasteiger charge is -2.30. The number of hydrogen-bond acceptors (Lipinski definition) is 4. The van der Waals surface area contributed by atoms with Crippen LogP contribution in [0.5, 0.6) is 5.75 Å². The fraction of sp³-hybridized carbons (Fsp3) is 0.579. The zero-order chi connectivity index (χ0) is 18.0. The molecule has 0 fully saturated rings. The Hall–Kier alpha value is -1.84. The van der Waals surface area contributed by atoms with Gasteiger partial charge in [0.1, 0.15) is 11.9 Å². The molecule has 0 spiro atoms. The van der Waals surface area contributed by atoms with Gasteiger partial charge in [-0.2, -0.15) is 0 Å². The molecule has 1 unspecified atom stereocenters. The smallest absolute Gasteiger partial charge is 0.316 e. The van der Waals surface area contributed by atoms with E-state index in [0.29, 0.717) is 5.75 Å². The van der Waals surface area contributed by atoms with Gasteiger partial charge >= 0.3 is 11.9 Å². The molecule has 128 valence electrons. The van der Waals surface area contributed by atoms with Gasteiger partial charge in [0.2, 0.25) is 0 Å². The molecule has 0 heterocycles. The van der Waals surface area contributed by atoms with Crippen LogP contribution in [0.3, 0.4) is 0 Å². The molecule has 23 heavy (non-hydrogen) atoms. The summed E-state index contributed by atoms with van der Waals surface area (Å²) in [6.07, 6.45) is -0.355. The van der Waals surface area contributed by atoms with E-state index in [1.54, 1.807) is 6.07 Å². The Labute approximate surface area is 139 Å². The van der Waals surface area contributed by atoms with Crippen molar-refractivity contribution in [3.05, 3.63) is 29.3 Å². The molecule has 0 aliphatic rings.